The highest BCUT2D eigenvalue weighted by atomic mass is 35.5. The van der Waals surface area contributed by atoms with Crippen molar-refractivity contribution in [1.29, 1.82) is 0 Å². The number of thioether (sulfide) groups is 1. The van der Waals surface area contributed by atoms with E-state index in [1.807, 2.05) is 60.7 Å². The third-order valence-electron chi connectivity index (χ3n) is 4.12. The van der Waals surface area contributed by atoms with Crippen LogP contribution in [0.4, 0.5) is 0 Å². The Morgan fingerprint density at radius 3 is 1.88 bits per heavy atom. The molecule has 3 rings (SSSR count). The fraction of sp³-hybridized carbons (Fsp3) is 0.136. The van der Waals surface area contributed by atoms with Gasteiger partial charge < -0.3 is 5.73 Å². The lowest BCUT2D eigenvalue weighted by atomic mass is 10.0. The van der Waals surface area contributed by atoms with Crippen molar-refractivity contribution in [3.8, 4) is 0 Å². The molecule has 0 fully saturated rings. The number of nitrogens with zero attached hydrogens (tertiary/aromatic N) is 1. The highest BCUT2D eigenvalue weighted by Gasteiger charge is 2.17. The van der Waals surface area contributed by atoms with Crippen molar-refractivity contribution in [3.05, 3.63) is 107 Å². The second kappa shape index (κ2) is 8.93. The molecule has 0 aromatic heterocycles. The van der Waals surface area contributed by atoms with Crippen LogP contribution in [0.2, 0.25) is 5.02 Å². The number of rotatable bonds is 5. The van der Waals surface area contributed by atoms with Crippen LogP contribution in [0.5, 0.6) is 0 Å². The Labute approximate surface area is 164 Å². The van der Waals surface area contributed by atoms with Gasteiger partial charge in [0.05, 0.1) is 11.3 Å². The maximum Gasteiger partial charge on any atom is 0.155 e. The van der Waals surface area contributed by atoms with Gasteiger partial charge in [0.2, 0.25) is 0 Å². The number of benzene rings is 3. The molecule has 0 aliphatic rings. The lowest BCUT2D eigenvalue weighted by molar-refractivity contribution is 0.822. The van der Waals surface area contributed by atoms with Gasteiger partial charge in [-0.1, -0.05) is 96.2 Å². The van der Waals surface area contributed by atoms with Crippen molar-refractivity contribution < 1.29 is 0 Å². The van der Waals surface area contributed by atoms with E-state index in [0.717, 1.165) is 16.1 Å². The standard InChI is InChI=1S/C22H21ClN2S/c1-16(17-8-4-2-5-9-17)25-22(24)26-21(18-10-6-3-7-11-18)19-12-14-20(23)15-13-19/h2-16,21H,1H3,(H2,24,25)/t16-,21-/m0/s1. The van der Waals surface area contributed by atoms with Crippen molar-refractivity contribution >= 4 is 28.5 Å². The Kier molecular flexibility index (Phi) is 6.37. The van der Waals surface area contributed by atoms with E-state index >= 15 is 0 Å². The maximum absolute atomic E-state index is 6.30. The van der Waals surface area contributed by atoms with E-state index in [2.05, 4.69) is 36.2 Å². The van der Waals surface area contributed by atoms with Gasteiger partial charge in [0.1, 0.15) is 0 Å². The second-order valence-corrected chi connectivity index (χ2v) is 7.58. The Morgan fingerprint density at radius 1 is 0.808 bits per heavy atom. The molecule has 2 N–H and O–H groups in total. The number of hydrogen-bond donors (Lipinski definition) is 1. The molecule has 0 spiro atoms. The zero-order valence-electron chi connectivity index (χ0n) is 14.5. The molecule has 4 heteroatoms. The molecular weight excluding hydrogens is 360 g/mol. The summed E-state index contributed by atoms with van der Waals surface area (Å²) in [5.74, 6) is 0. The highest BCUT2D eigenvalue weighted by molar-refractivity contribution is 8.14. The predicted molar refractivity (Wildman–Crippen MR) is 114 cm³/mol. The summed E-state index contributed by atoms with van der Waals surface area (Å²) in [6.45, 7) is 2.06. The zero-order valence-corrected chi connectivity index (χ0v) is 16.1. The molecule has 2 atom stereocenters. The van der Waals surface area contributed by atoms with Crippen LogP contribution in [-0.2, 0) is 0 Å². The van der Waals surface area contributed by atoms with Crippen LogP contribution in [-0.4, -0.2) is 5.17 Å². The molecular formula is C22H21ClN2S. The Morgan fingerprint density at radius 2 is 1.31 bits per heavy atom. The second-order valence-electron chi connectivity index (χ2n) is 6.01. The molecule has 3 aromatic rings. The topological polar surface area (TPSA) is 38.4 Å². The smallest absolute Gasteiger partial charge is 0.155 e. The lowest BCUT2D eigenvalue weighted by Gasteiger charge is -2.18. The first kappa shape index (κ1) is 18.6. The van der Waals surface area contributed by atoms with E-state index in [0.29, 0.717) is 5.17 Å². The van der Waals surface area contributed by atoms with E-state index < -0.39 is 0 Å². The minimum Gasteiger partial charge on any atom is -0.378 e. The third-order valence-corrected chi connectivity index (χ3v) is 5.50. The van der Waals surface area contributed by atoms with Crippen molar-refractivity contribution in [2.45, 2.75) is 18.2 Å². The zero-order chi connectivity index (χ0) is 18.4. The van der Waals surface area contributed by atoms with Gasteiger partial charge in [-0.05, 0) is 35.7 Å². The first-order valence-electron chi connectivity index (χ1n) is 8.49. The van der Waals surface area contributed by atoms with Gasteiger partial charge in [0.25, 0.3) is 0 Å². The van der Waals surface area contributed by atoms with E-state index in [4.69, 9.17) is 17.3 Å². The lowest BCUT2D eigenvalue weighted by Crippen LogP contribution is -2.12. The number of aliphatic imine (C=N–C) groups is 1. The van der Waals surface area contributed by atoms with Crippen LogP contribution < -0.4 is 5.73 Å². The fourth-order valence-electron chi connectivity index (χ4n) is 2.74. The van der Waals surface area contributed by atoms with Crippen molar-refractivity contribution in [2.24, 2.45) is 10.7 Å². The van der Waals surface area contributed by atoms with E-state index in [9.17, 15) is 0 Å². The molecule has 2 nitrogen and oxygen atoms in total. The maximum atomic E-state index is 6.30. The Bertz CT molecular complexity index is 848. The molecule has 0 aliphatic carbocycles. The predicted octanol–water partition coefficient (Wildman–Crippen LogP) is 6.24. The van der Waals surface area contributed by atoms with Crippen LogP contribution in [0.15, 0.2) is 89.9 Å². The average Bonchev–Trinajstić information content (AvgIpc) is 2.68. The van der Waals surface area contributed by atoms with Crippen LogP contribution in [0.25, 0.3) is 0 Å². The van der Waals surface area contributed by atoms with Gasteiger partial charge in [-0.15, -0.1) is 0 Å². The van der Waals surface area contributed by atoms with E-state index in [-0.39, 0.29) is 11.3 Å². The fourth-order valence-corrected chi connectivity index (χ4v) is 3.91. The van der Waals surface area contributed by atoms with E-state index in [1.54, 1.807) is 11.8 Å². The summed E-state index contributed by atoms with van der Waals surface area (Å²) >= 11 is 7.61. The van der Waals surface area contributed by atoms with Gasteiger partial charge in [-0.25, -0.2) is 0 Å². The van der Waals surface area contributed by atoms with E-state index in [1.165, 1.54) is 5.56 Å². The molecule has 0 heterocycles. The molecule has 0 saturated carbocycles. The SMILES string of the molecule is C[C@H](N=C(N)S[C@@H](c1ccccc1)c1ccc(Cl)cc1)c1ccccc1. The van der Waals surface area contributed by atoms with Gasteiger partial charge in [-0.3, -0.25) is 4.99 Å². The first-order valence-corrected chi connectivity index (χ1v) is 9.74. The summed E-state index contributed by atoms with van der Waals surface area (Å²) in [5.41, 5.74) is 9.79. The monoisotopic (exact) mass is 380 g/mol. The van der Waals surface area contributed by atoms with Gasteiger partial charge in [-0.2, -0.15) is 0 Å². The summed E-state index contributed by atoms with van der Waals surface area (Å²) in [5, 5.41) is 1.37. The molecule has 0 saturated heterocycles. The average molecular weight is 381 g/mol. The molecule has 3 aromatic carbocycles. The highest BCUT2D eigenvalue weighted by Crippen LogP contribution is 2.36. The molecule has 0 unspecified atom stereocenters. The summed E-state index contributed by atoms with van der Waals surface area (Å²) in [4.78, 5) is 4.69. The number of hydrogen-bond acceptors (Lipinski definition) is 2. The molecule has 0 aliphatic heterocycles. The third kappa shape index (κ3) is 4.90. The summed E-state index contributed by atoms with van der Waals surface area (Å²) in [6, 6.07) is 28.4. The number of halogens is 1. The van der Waals surface area contributed by atoms with Gasteiger partial charge in [0, 0.05) is 5.02 Å². The summed E-state index contributed by atoms with van der Waals surface area (Å²) < 4.78 is 0. The normalized spacial score (nSPS) is 14.0. The molecule has 0 bridgehead atoms. The Hall–Kier alpha value is -2.23. The molecule has 0 amide bonds. The van der Waals surface area contributed by atoms with Crippen LogP contribution in [0.3, 0.4) is 0 Å². The van der Waals surface area contributed by atoms with Crippen LogP contribution in [0.1, 0.15) is 34.9 Å². The van der Waals surface area contributed by atoms with Crippen molar-refractivity contribution in [1.82, 2.24) is 0 Å². The summed E-state index contributed by atoms with van der Waals surface area (Å²) in [6.07, 6.45) is 0. The summed E-state index contributed by atoms with van der Waals surface area (Å²) in [7, 11) is 0. The van der Waals surface area contributed by atoms with Crippen molar-refractivity contribution in [2.75, 3.05) is 0 Å². The van der Waals surface area contributed by atoms with Crippen molar-refractivity contribution in [3.63, 3.8) is 0 Å². The first-order chi connectivity index (χ1) is 12.6. The van der Waals surface area contributed by atoms with Crippen LogP contribution in [0, 0.1) is 0 Å². The minimum atomic E-state index is 0.0188. The van der Waals surface area contributed by atoms with Gasteiger partial charge >= 0.3 is 0 Å². The number of nitrogens with two attached hydrogens (primary N) is 1. The largest absolute Gasteiger partial charge is 0.378 e. The van der Waals surface area contributed by atoms with Crippen LogP contribution >= 0.6 is 23.4 Å². The molecule has 0 radical (unpaired) electrons. The Balaban J connectivity index is 1.85. The molecule has 132 valence electrons. The quantitative estimate of drug-likeness (QED) is 0.420. The molecule has 26 heavy (non-hydrogen) atoms. The number of amidine groups is 1. The minimum absolute atomic E-state index is 0.0188. The van der Waals surface area contributed by atoms with Gasteiger partial charge in [0.15, 0.2) is 5.17 Å².